The Balaban J connectivity index is 2.30. The van der Waals surface area contributed by atoms with Gasteiger partial charge in [-0.1, -0.05) is 26.7 Å². The normalized spacial score (nSPS) is 18.9. The molecule has 1 rings (SSSR count). The summed E-state index contributed by atoms with van der Waals surface area (Å²) in [5.41, 5.74) is -0.464. The fourth-order valence-corrected chi connectivity index (χ4v) is 3.58. The van der Waals surface area contributed by atoms with Crippen LogP contribution in [0.4, 0.5) is 0 Å². The molecule has 0 aromatic rings. The molecule has 1 heterocycles. The predicted molar refractivity (Wildman–Crippen MR) is 73.1 cm³/mol. The van der Waals surface area contributed by atoms with Crippen molar-refractivity contribution in [1.82, 2.24) is 5.32 Å². The number of aliphatic hydroxyl groups is 1. The zero-order chi connectivity index (χ0) is 11.9. The van der Waals surface area contributed by atoms with Crippen molar-refractivity contribution in [3.05, 3.63) is 0 Å². The first-order valence-electron chi connectivity index (χ1n) is 6.73. The quantitative estimate of drug-likeness (QED) is 0.723. The van der Waals surface area contributed by atoms with E-state index in [0.717, 1.165) is 32.2 Å². The second kappa shape index (κ2) is 7.57. The van der Waals surface area contributed by atoms with Crippen LogP contribution in [0.5, 0.6) is 0 Å². The highest BCUT2D eigenvalue weighted by Gasteiger charge is 2.26. The molecule has 0 aliphatic carbocycles. The van der Waals surface area contributed by atoms with Gasteiger partial charge in [-0.2, -0.15) is 11.8 Å². The van der Waals surface area contributed by atoms with Gasteiger partial charge in [-0.25, -0.2) is 0 Å². The van der Waals surface area contributed by atoms with E-state index < -0.39 is 5.60 Å². The van der Waals surface area contributed by atoms with Gasteiger partial charge in [-0.15, -0.1) is 0 Å². The van der Waals surface area contributed by atoms with Gasteiger partial charge in [0.15, 0.2) is 0 Å². The molecular weight excluding hydrogens is 218 g/mol. The minimum atomic E-state index is -0.464. The predicted octanol–water partition coefficient (Wildman–Crippen LogP) is 2.80. The van der Waals surface area contributed by atoms with Crippen LogP contribution in [0, 0.1) is 0 Å². The number of nitrogens with one attached hydrogen (secondary N) is 1. The van der Waals surface area contributed by atoms with E-state index in [1.807, 2.05) is 0 Å². The Bertz CT molecular complexity index is 175. The molecule has 16 heavy (non-hydrogen) atoms. The van der Waals surface area contributed by atoms with Gasteiger partial charge in [0.1, 0.15) is 0 Å². The van der Waals surface area contributed by atoms with Gasteiger partial charge >= 0.3 is 0 Å². The maximum Gasteiger partial charge on any atom is 0.0771 e. The van der Waals surface area contributed by atoms with E-state index in [1.165, 1.54) is 24.3 Å². The molecule has 0 aromatic heterocycles. The number of rotatable bonds is 7. The van der Waals surface area contributed by atoms with Crippen molar-refractivity contribution in [3.63, 3.8) is 0 Å². The zero-order valence-corrected chi connectivity index (χ0v) is 11.6. The van der Waals surface area contributed by atoms with Crippen molar-refractivity contribution in [3.8, 4) is 0 Å². The molecule has 3 heteroatoms. The van der Waals surface area contributed by atoms with Crippen LogP contribution >= 0.6 is 11.8 Å². The maximum absolute atomic E-state index is 10.5. The topological polar surface area (TPSA) is 32.3 Å². The molecular formula is C13H27NOS. The Kier molecular flexibility index (Phi) is 6.78. The Labute approximate surface area is 105 Å². The van der Waals surface area contributed by atoms with Gasteiger partial charge in [-0.3, -0.25) is 0 Å². The third-order valence-corrected chi connectivity index (χ3v) is 4.42. The number of hydrogen-bond acceptors (Lipinski definition) is 3. The largest absolute Gasteiger partial charge is 0.389 e. The minimum Gasteiger partial charge on any atom is -0.389 e. The highest BCUT2D eigenvalue weighted by Crippen LogP contribution is 2.21. The fraction of sp³-hybridized carbons (Fsp3) is 1.00. The Morgan fingerprint density at radius 2 is 1.75 bits per heavy atom. The molecule has 1 fully saturated rings. The van der Waals surface area contributed by atoms with Crippen LogP contribution in [0.3, 0.4) is 0 Å². The molecule has 0 spiro atoms. The molecule has 0 atom stereocenters. The monoisotopic (exact) mass is 245 g/mol. The molecule has 0 bridgehead atoms. The van der Waals surface area contributed by atoms with E-state index in [4.69, 9.17) is 0 Å². The fourth-order valence-electron chi connectivity index (χ4n) is 2.47. The van der Waals surface area contributed by atoms with Crippen molar-refractivity contribution in [1.29, 1.82) is 0 Å². The Morgan fingerprint density at radius 3 is 2.25 bits per heavy atom. The molecule has 0 saturated carbocycles. The molecule has 1 aliphatic rings. The lowest BCUT2D eigenvalue weighted by Gasteiger charge is -2.31. The third-order valence-electron chi connectivity index (χ3n) is 3.37. The van der Waals surface area contributed by atoms with Gasteiger partial charge in [-0.05, 0) is 37.2 Å². The van der Waals surface area contributed by atoms with Crippen LogP contribution in [0.2, 0.25) is 0 Å². The standard InChI is InChI=1S/C13H27NOS/c1-3-7-13(15,8-4-2)11-14-12-5-9-16-10-6-12/h12,14-15H,3-11H2,1-2H3. The van der Waals surface area contributed by atoms with E-state index in [2.05, 4.69) is 30.9 Å². The van der Waals surface area contributed by atoms with Crippen molar-refractivity contribution in [2.75, 3.05) is 18.1 Å². The summed E-state index contributed by atoms with van der Waals surface area (Å²) in [4.78, 5) is 0. The molecule has 0 amide bonds. The van der Waals surface area contributed by atoms with Crippen LogP contribution in [0.15, 0.2) is 0 Å². The minimum absolute atomic E-state index is 0.464. The van der Waals surface area contributed by atoms with Crippen LogP contribution in [-0.4, -0.2) is 34.8 Å². The summed E-state index contributed by atoms with van der Waals surface area (Å²) in [6.45, 7) is 5.08. The molecule has 96 valence electrons. The summed E-state index contributed by atoms with van der Waals surface area (Å²) in [5.74, 6) is 2.55. The summed E-state index contributed by atoms with van der Waals surface area (Å²) < 4.78 is 0. The van der Waals surface area contributed by atoms with E-state index in [9.17, 15) is 5.11 Å². The van der Waals surface area contributed by atoms with Crippen LogP contribution in [0.25, 0.3) is 0 Å². The molecule has 1 aliphatic heterocycles. The summed E-state index contributed by atoms with van der Waals surface area (Å²) in [5, 5.41) is 14.0. The van der Waals surface area contributed by atoms with Gasteiger partial charge < -0.3 is 10.4 Å². The van der Waals surface area contributed by atoms with Crippen molar-refractivity contribution in [2.24, 2.45) is 0 Å². The average Bonchev–Trinajstić information content (AvgIpc) is 2.29. The van der Waals surface area contributed by atoms with E-state index in [0.29, 0.717) is 6.04 Å². The van der Waals surface area contributed by atoms with Crippen LogP contribution in [0.1, 0.15) is 52.4 Å². The molecule has 0 radical (unpaired) electrons. The maximum atomic E-state index is 10.5. The smallest absolute Gasteiger partial charge is 0.0771 e. The number of hydrogen-bond donors (Lipinski definition) is 2. The van der Waals surface area contributed by atoms with Gasteiger partial charge in [0.05, 0.1) is 5.60 Å². The summed E-state index contributed by atoms with van der Waals surface area (Å²) in [7, 11) is 0. The molecule has 2 N–H and O–H groups in total. The van der Waals surface area contributed by atoms with Crippen molar-refractivity contribution < 1.29 is 5.11 Å². The van der Waals surface area contributed by atoms with E-state index in [1.54, 1.807) is 0 Å². The second-order valence-electron chi connectivity index (χ2n) is 4.99. The van der Waals surface area contributed by atoms with Crippen molar-refractivity contribution >= 4 is 11.8 Å². The lowest BCUT2D eigenvalue weighted by atomic mass is 9.92. The van der Waals surface area contributed by atoms with Crippen molar-refractivity contribution in [2.45, 2.75) is 64.0 Å². The van der Waals surface area contributed by atoms with Gasteiger partial charge in [0.25, 0.3) is 0 Å². The first-order valence-corrected chi connectivity index (χ1v) is 7.89. The van der Waals surface area contributed by atoms with Gasteiger partial charge in [0.2, 0.25) is 0 Å². The average molecular weight is 245 g/mol. The van der Waals surface area contributed by atoms with E-state index in [-0.39, 0.29) is 0 Å². The molecule has 0 aromatic carbocycles. The second-order valence-corrected chi connectivity index (χ2v) is 6.22. The Morgan fingerprint density at radius 1 is 1.19 bits per heavy atom. The van der Waals surface area contributed by atoms with Crippen LogP contribution in [-0.2, 0) is 0 Å². The third kappa shape index (κ3) is 5.07. The number of thioether (sulfide) groups is 1. The molecule has 0 unspecified atom stereocenters. The van der Waals surface area contributed by atoms with E-state index >= 15 is 0 Å². The first-order chi connectivity index (χ1) is 7.70. The summed E-state index contributed by atoms with van der Waals surface area (Å²) in [6.07, 6.45) is 6.51. The zero-order valence-electron chi connectivity index (χ0n) is 10.8. The summed E-state index contributed by atoms with van der Waals surface area (Å²) >= 11 is 2.05. The summed E-state index contributed by atoms with van der Waals surface area (Å²) in [6, 6.07) is 0.640. The molecule has 2 nitrogen and oxygen atoms in total. The lowest BCUT2D eigenvalue weighted by Crippen LogP contribution is -2.45. The SMILES string of the molecule is CCCC(O)(CCC)CNC1CCSCC1. The highest BCUT2D eigenvalue weighted by molar-refractivity contribution is 7.99. The molecule has 1 saturated heterocycles. The Hall–Kier alpha value is 0.270. The van der Waals surface area contributed by atoms with Gasteiger partial charge in [0, 0.05) is 12.6 Å². The highest BCUT2D eigenvalue weighted by atomic mass is 32.2. The first kappa shape index (κ1) is 14.3. The van der Waals surface area contributed by atoms with Crippen LogP contribution < -0.4 is 5.32 Å². The lowest BCUT2D eigenvalue weighted by molar-refractivity contribution is 0.0190.